The predicted octanol–water partition coefficient (Wildman–Crippen LogP) is 1.50. The molecule has 20 heavy (non-hydrogen) atoms. The Morgan fingerprint density at radius 1 is 1.20 bits per heavy atom. The number of carboxylic acid groups (broad SMARTS) is 1. The van der Waals surface area contributed by atoms with E-state index in [0.717, 1.165) is 25.7 Å². The van der Waals surface area contributed by atoms with Crippen molar-refractivity contribution in [1.82, 2.24) is 4.90 Å². The molecule has 114 valence electrons. The molecule has 5 heteroatoms. The Labute approximate surface area is 120 Å². The molecular formula is C15H25NO4. The van der Waals surface area contributed by atoms with Crippen LogP contribution < -0.4 is 0 Å². The Balaban J connectivity index is 2.00. The highest BCUT2D eigenvalue weighted by Gasteiger charge is 2.43. The third kappa shape index (κ3) is 3.14. The van der Waals surface area contributed by atoms with Crippen LogP contribution in [0, 0.1) is 17.8 Å². The van der Waals surface area contributed by atoms with Crippen molar-refractivity contribution in [1.29, 1.82) is 0 Å². The number of hydrogen-bond donors (Lipinski definition) is 2. The zero-order chi connectivity index (χ0) is 14.9. The minimum absolute atomic E-state index is 0.123. The van der Waals surface area contributed by atoms with Gasteiger partial charge in [0.1, 0.15) is 0 Å². The Kier molecular flexibility index (Phi) is 4.37. The molecule has 1 amide bonds. The van der Waals surface area contributed by atoms with Gasteiger partial charge in [-0.05, 0) is 31.6 Å². The van der Waals surface area contributed by atoms with E-state index in [4.69, 9.17) is 0 Å². The molecule has 0 spiro atoms. The van der Waals surface area contributed by atoms with E-state index in [1.165, 1.54) is 0 Å². The fourth-order valence-electron chi connectivity index (χ4n) is 3.83. The molecule has 2 fully saturated rings. The van der Waals surface area contributed by atoms with E-state index in [-0.39, 0.29) is 11.8 Å². The van der Waals surface area contributed by atoms with Crippen LogP contribution in [0.4, 0.5) is 0 Å². The van der Waals surface area contributed by atoms with Gasteiger partial charge >= 0.3 is 5.97 Å². The largest absolute Gasteiger partial charge is 0.481 e. The lowest BCUT2D eigenvalue weighted by atomic mass is 9.94. The van der Waals surface area contributed by atoms with Gasteiger partial charge in [-0.25, -0.2) is 0 Å². The molecule has 3 atom stereocenters. The lowest BCUT2D eigenvalue weighted by molar-refractivity contribution is -0.149. The van der Waals surface area contributed by atoms with Crippen molar-refractivity contribution >= 4 is 11.9 Å². The van der Waals surface area contributed by atoms with Crippen molar-refractivity contribution in [3.05, 3.63) is 0 Å². The summed E-state index contributed by atoms with van der Waals surface area (Å²) in [7, 11) is 1.68. The second-order valence-corrected chi connectivity index (χ2v) is 6.75. The number of rotatable bonds is 4. The minimum Gasteiger partial charge on any atom is -0.481 e. The summed E-state index contributed by atoms with van der Waals surface area (Å²) in [6.07, 6.45) is 4.66. The Morgan fingerprint density at radius 3 is 2.30 bits per heavy atom. The number of carbonyl (C=O) groups is 2. The summed E-state index contributed by atoms with van der Waals surface area (Å²) in [5.41, 5.74) is -0.770. The Hall–Kier alpha value is -1.10. The van der Waals surface area contributed by atoms with E-state index in [1.807, 2.05) is 6.92 Å². The second kappa shape index (κ2) is 5.72. The zero-order valence-electron chi connectivity index (χ0n) is 12.3. The minimum atomic E-state index is -0.874. The third-order valence-corrected chi connectivity index (χ3v) is 4.87. The maximum absolute atomic E-state index is 12.5. The van der Waals surface area contributed by atoms with Crippen molar-refractivity contribution in [2.45, 2.75) is 51.0 Å². The van der Waals surface area contributed by atoms with Crippen molar-refractivity contribution in [2.24, 2.45) is 17.8 Å². The summed E-state index contributed by atoms with van der Waals surface area (Å²) < 4.78 is 0. The van der Waals surface area contributed by atoms with Gasteiger partial charge in [0, 0.05) is 13.6 Å². The van der Waals surface area contributed by atoms with Gasteiger partial charge in [0.25, 0.3) is 0 Å². The van der Waals surface area contributed by atoms with E-state index < -0.39 is 23.4 Å². The number of carbonyl (C=O) groups excluding carboxylic acids is 1. The first-order valence-corrected chi connectivity index (χ1v) is 7.52. The standard InChI is InChI=1S/C15H25NO4/c1-10-7-11(12(8-10)14(18)19)13(17)16(2)9-15(20)5-3-4-6-15/h10-12,20H,3-9H2,1-2H3,(H,18,19)/t10?,11-,12+/m0/s1. The van der Waals surface area contributed by atoms with E-state index >= 15 is 0 Å². The average molecular weight is 283 g/mol. The van der Waals surface area contributed by atoms with Crippen LogP contribution in [-0.4, -0.2) is 46.2 Å². The number of aliphatic carboxylic acids is 1. The van der Waals surface area contributed by atoms with Gasteiger partial charge < -0.3 is 15.1 Å². The van der Waals surface area contributed by atoms with Gasteiger partial charge in [-0.15, -0.1) is 0 Å². The topological polar surface area (TPSA) is 77.8 Å². The third-order valence-electron chi connectivity index (χ3n) is 4.87. The molecule has 0 heterocycles. The van der Waals surface area contributed by atoms with Crippen LogP contribution in [0.3, 0.4) is 0 Å². The summed E-state index contributed by atoms with van der Waals surface area (Å²) in [5, 5.41) is 19.6. The smallest absolute Gasteiger partial charge is 0.307 e. The summed E-state index contributed by atoms with van der Waals surface area (Å²) in [5.74, 6) is -1.73. The van der Waals surface area contributed by atoms with Gasteiger partial charge in [-0.3, -0.25) is 9.59 Å². The van der Waals surface area contributed by atoms with Crippen LogP contribution in [0.5, 0.6) is 0 Å². The van der Waals surface area contributed by atoms with E-state index in [2.05, 4.69) is 0 Å². The van der Waals surface area contributed by atoms with E-state index in [1.54, 1.807) is 11.9 Å². The van der Waals surface area contributed by atoms with Crippen LogP contribution in [0.15, 0.2) is 0 Å². The number of aliphatic hydroxyl groups is 1. The highest BCUT2D eigenvalue weighted by atomic mass is 16.4. The van der Waals surface area contributed by atoms with Crippen LogP contribution >= 0.6 is 0 Å². The van der Waals surface area contributed by atoms with Crippen molar-refractivity contribution in [2.75, 3.05) is 13.6 Å². The normalized spacial score (nSPS) is 32.2. The van der Waals surface area contributed by atoms with Crippen molar-refractivity contribution in [3.63, 3.8) is 0 Å². The molecule has 1 unspecified atom stereocenters. The van der Waals surface area contributed by atoms with Crippen molar-refractivity contribution < 1.29 is 19.8 Å². The fourth-order valence-corrected chi connectivity index (χ4v) is 3.83. The molecule has 2 rings (SSSR count). The number of likely N-dealkylation sites (N-methyl/N-ethyl adjacent to an activating group) is 1. The Morgan fingerprint density at radius 2 is 1.75 bits per heavy atom. The number of nitrogens with zero attached hydrogens (tertiary/aromatic N) is 1. The molecule has 0 aromatic rings. The predicted molar refractivity (Wildman–Crippen MR) is 74.1 cm³/mol. The molecule has 0 aliphatic heterocycles. The van der Waals surface area contributed by atoms with Crippen molar-refractivity contribution in [3.8, 4) is 0 Å². The molecule has 2 aliphatic carbocycles. The molecule has 0 aromatic heterocycles. The van der Waals surface area contributed by atoms with Gasteiger partial charge in [0.2, 0.25) is 5.91 Å². The van der Waals surface area contributed by atoms with Crippen LogP contribution in [0.1, 0.15) is 45.4 Å². The fraction of sp³-hybridized carbons (Fsp3) is 0.867. The first kappa shape index (κ1) is 15.3. The summed E-state index contributed by atoms with van der Waals surface area (Å²) >= 11 is 0. The monoisotopic (exact) mass is 283 g/mol. The maximum Gasteiger partial charge on any atom is 0.307 e. The Bertz CT molecular complexity index is 389. The number of amides is 1. The first-order valence-electron chi connectivity index (χ1n) is 7.52. The first-order chi connectivity index (χ1) is 9.32. The summed E-state index contributed by atoms with van der Waals surface area (Å²) in [4.78, 5) is 25.3. The van der Waals surface area contributed by atoms with E-state index in [0.29, 0.717) is 19.4 Å². The van der Waals surface area contributed by atoms with Gasteiger partial charge in [-0.1, -0.05) is 19.8 Å². The molecule has 2 saturated carbocycles. The lowest BCUT2D eigenvalue weighted by Crippen LogP contribution is -2.45. The molecule has 0 radical (unpaired) electrons. The molecule has 0 saturated heterocycles. The van der Waals surface area contributed by atoms with Gasteiger partial charge in [-0.2, -0.15) is 0 Å². The van der Waals surface area contributed by atoms with E-state index in [9.17, 15) is 19.8 Å². The van der Waals surface area contributed by atoms with Crippen LogP contribution in [-0.2, 0) is 9.59 Å². The number of carboxylic acids is 1. The van der Waals surface area contributed by atoms with Crippen LogP contribution in [0.25, 0.3) is 0 Å². The molecule has 2 N–H and O–H groups in total. The quantitative estimate of drug-likeness (QED) is 0.819. The number of hydrogen-bond acceptors (Lipinski definition) is 3. The molecule has 0 aromatic carbocycles. The molecule has 2 aliphatic rings. The van der Waals surface area contributed by atoms with Crippen LogP contribution in [0.2, 0.25) is 0 Å². The van der Waals surface area contributed by atoms with Gasteiger partial charge in [0.15, 0.2) is 0 Å². The lowest BCUT2D eigenvalue weighted by Gasteiger charge is -2.31. The second-order valence-electron chi connectivity index (χ2n) is 6.75. The highest BCUT2D eigenvalue weighted by molar-refractivity contribution is 5.85. The maximum atomic E-state index is 12.5. The summed E-state index contributed by atoms with van der Waals surface area (Å²) in [6.45, 7) is 2.32. The molecule has 5 nitrogen and oxygen atoms in total. The summed E-state index contributed by atoms with van der Waals surface area (Å²) in [6, 6.07) is 0. The molecule has 0 bridgehead atoms. The van der Waals surface area contributed by atoms with Gasteiger partial charge in [0.05, 0.1) is 17.4 Å². The average Bonchev–Trinajstić information content (AvgIpc) is 2.94. The SMILES string of the molecule is CC1C[C@H](C(=O)N(C)CC2(O)CCCC2)[C@H](C(=O)O)C1. The zero-order valence-corrected chi connectivity index (χ0v) is 12.3. The molecular weight excluding hydrogens is 258 g/mol. The highest BCUT2D eigenvalue weighted by Crippen LogP contribution is 2.38.